The van der Waals surface area contributed by atoms with Gasteiger partial charge in [-0.15, -0.1) is 5.10 Å². The number of aromatic amines is 1. The topological polar surface area (TPSA) is 97.1 Å². The Morgan fingerprint density at radius 2 is 2.43 bits per heavy atom. The van der Waals surface area contributed by atoms with E-state index in [1.165, 1.54) is 5.06 Å². The molecule has 0 unspecified atom stereocenters. The first kappa shape index (κ1) is 8.95. The molecular formula is C7H11N5O2. The van der Waals surface area contributed by atoms with Crippen LogP contribution < -0.4 is 5.73 Å². The van der Waals surface area contributed by atoms with Crippen molar-refractivity contribution in [2.75, 3.05) is 18.9 Å². The number of anilines is 1. The minimum absolute atomic E-state index is 0.0605. The van der Waals surface area contributed by atoms with E-state index >= 15 is 0 Å². The molecule has 14 heavy (non-hydrogen) atoms. The molecule has 2 rings (SSSR count). The summed E-state index contributed by atoms with van der Waals surface area (Å²) in [6, 6.07) is 0. The summed E-state index contributed by atoms with van der Waals surface area (Å²) in [6.45, 7) is 1.15. The Balaban J connectivity index is 2.07. The quantitative estimate of drug-likeness (QED) is 0.635. The monoisotopic (exact) mass is 197 g/mol. The molecule has 0 saturated carbocycles. The summed E-state index contributed by atoms with van der Waals surface area (Å²) < 4.78 is 0. The van der Waals surface area contributed by atoms with E-state index in [9.17, 15) is 4.79 Å². The van der Waals surface area contributed by atoms with Crippen molar-refractivity contribution in [1.29, 1.82) is 0 Å². The number of nitrogens with zero attached hydrogens (tertiary/aromatic N) is 3. The van der Waals surface area contributed by atoms with Crippen LogP contribution in [0.3, 0.4) is 0 Å². The number of nitrogens with two attached hydrogens (primary N) is 1. The molecule has 0 bridgehead atoms. The summed E-state index contributed by atoms with van der Waals surface area (Å²) in [5.74, 6) is -0.149. The normalized spacial score (nSPS) is 17.0. The first-order valence-electron chi connectivity index (χ1n) is 4.40. The van der Waals surface area contributed by atoms with Crippen molar-refractivity contribution in [2.24, 2.45) is 0 Å². The van der Waals surface area contributed by atoms with E-state index < -0.39 is 0 Å². The highest BCUT2D eigenvalue weighted by Gasteiger charge is 2.22. The van der Waals surface area contributed by atoms with E-state index in [2.05, 4.69) is 15.2 Å². The average Bonchev–Trinajstić information content (AvgIpc) is 2.65. The molecule has 0 radical (unpaired) electrons. The van der Waals surface area contributed by atoms with Crippen LogP contribution in [0.5, 0.6) is 0 Å². The predicted molar refractivity (Wildman–Crippen MR) is 47.0 cm³/mol. The fraction of sp³-hybridized carbons (Fsp3) is 0.571. The van der Waals surface area contributed by atoms with E-state index in [0.717, 1.165) is 12.8 Å². The van der Waals surface area contributed by atoms with Crippen molar-refractivity contribution in [2.45, 2.75) is 12.8 Å². The Hall–Kier alpha value is -1.63. The zero-order valence-electron chi connectivity index (χ0n) is 7.56. The lowest BCUT2D eigenvalue weighted by molar-refractivity contribution is -0.144. The van der Waals surface area contributed by atoms with Gasteiger partial charge in [-0.1, -0.05) is 0 Å². The van der Waals surface area contributed by atoms with E-state index in [1.807, 2.05) is 0 Å². The molecule has 1 amide bonds. The number of carbonyl (C=O) groups is 1. The number of carbonyl (C=O) groups excluding carboxylic acids is 1. The van der Waals surface area contributed by atoms with Crippen molar-refractivity contribution in [1.82, 2.24) is 20.2 Å². The highest BCUT2D eigenvalue weighted by molar-refractivity contribution is 5.89. The highest BCUT2D eigenvalue weighted by atomic mass is 16.7. The van der Waals surface area contributed by atoms with E-state index in [0.29, 0.717) is 13.2 Å². The van der Waals surface area contributed by atoms with Gasteiger partial charge in [0, 0.05) is 6.54 Å². The Morgan fingerprint density at radius 3 is 3.00 bits per heavy atom. The van der Waals surface area contributed by atoms with Gasteiger partial charge in [0.15, 0.2) is 0 Å². The summed E-state index contributed by atoms with van der Waals surface area (Å²) in [6.07, 6.45) is 1.91. The molecule has 0 spiro atoms. The molecule has 1 saturated heterocycles. The molecule has 76 valence electrons. The minimum atomic E-state index is -0.325. The van der Waals surface area contributed by atoms with Crippen molar-refractivity contribution in [3.8, 4) is 0 Å². The molecule has 2 heterocycles. The van der Waals surface area contributed by atoms with E-state index in [-0.39, 0.29) is 17.7 Å². The zero-order valence-corrected chi connectivity index (χ0v) is 7.56. The third-order valence-electron chi connectivity index (χ3n) is 1.93. The van der Waals surface area contributed by atoms with Gasteiger partial charge in [0.1, 0.15) is 0 Å². The average molecular weight is 197 g/mol. The molecule has 1 aromatic heterocycles. The first-order chi connectivity index (χ1) is 6.77. The number of H-pyrrole nitrogens is 1. The Kier molecular flexibility index (Phi) is 2.32. The largest absolute Gasteiger partial charge is 0.366 e. The minimum Gasteiger partial charge on any atom is -0.366 e. The Labute approximate surface area is 80.2 Å². The molecule has 3 N–H and O–H groups in total. The summed E-state index contributed by atoms with van der Waals surface area (Å²) in [5.41, 5.74) is 5.28. The van der Waals surface area contributed by atoms with Crippen molar-refractivity contribution >= 4 is 11.9 Å². The second-order valence-electron chi connectivity index (χ2n) is 2.99. The molecule has 1 aromatic rings. The van der Waals surface area contributed by atoms with Gasteiger partial charge >= 0.3 is 5.91 Å². The van der Waals surface area contributed by atoms with Gasteiger partial charge in [-0.3, -0.25) is 14.7 Å². The number of rotatable bonds is 1. The van der Waals surface area contributed by atoms with Crippen LogP contribution in [0.25, 0.3) is 0 Å². The lowest BCUT2D eigenvalue weighted by Gasteiger charge is -2.24. The second-order valence-corrected chi connectivity index (χ2v) is 2.99. The van der Waals surface area contributed by atoms with Gasteiger partial charge in [0.2, 0.25) is 11.8 Å². The summed E-state index contributed by atoms with van der Waals surface area (Å²) in [5, 5.41) is 7.30. The fourth-order valence-electron chi connectivity index (χ4n) is 1.25. The van der Waals surface area contributed by atoms with Gasteiger partial charge < -0.3 is 5.73 Å². The predicted octanol–water partition coefficient (Wildman–Crippen LogP) is -0.446. The number of nitrogen functional groups attached to an aromatic ring is 1. The zero-order chi connectivity index (χ0) is 9.97. The molecule has 1 aliphatic rings. The van der Waals surface area contributed by atoms with Crippen molar-refractivity contribution in [3.05, 3.63) is 5.82 Å². The van der Waals surface area contributed by atoms with Crippen LogP contribution in [0.2, 0.25) is 0 Å². The van der Waals surface area contributed by atoms with Gasteiger partial charge in [-0.2, -0.15) is 4.98 Å². The van der Waals surface area contributed by atoms with Gasteiger partial charge in [0.25, 0.3) is 0 Å². The maximum Gasteiger partial charge on any atom is 0.314 e. The van der Waals surface area contributed by atoms with Crippen LogP contribution >= 0.6 is 0 Å². The van der Waals surface area contributed by atoms with Crippen LogP contribution in [0.4, 0.5) is 5.95 Å². The smallest absolute Gasteiger partial charge is 0.314 e. The highest BCUT2D eigenvalue weighted by Crippen LogP contribution is 2.09. The summed E-state index contributed by atoms with van der Waals surface area (Å²) in [4.78, 5) is 20.5. The second kappa shape index (κ2) is 3.62. The van der Waals surface area contributed by atoms with Crippen LogP contribution in [-0.2, 0) is 4.84 Å². The third-order valence-corrected chi connectivity index (χ3v) is 1.93. The SMILES string of the molecule is Nc1n[nH]c(C(=O)N2CCCCO2)n1. The van der Waals surface area contributed by atoms with Gasteiger partial charge in [-0.05, 0) is 12.8 Å². The number of hydrogen-bond acceptors (Lipinski definition) is 5. The maximum atomic E-state index is 11.6. The number of nitrogens with one attached hydrogen (secondary N) is 1. The number of aromatic nitrogens is 3. The summed E-state index contributed by atoms with van der Waals surface area (Å²) >= 11 is 0. The fourth-order valence-corrected chi connectivity index (χ4v) is 1.25. The Morgan fingerprint density at radius 1 is 1.57 bits per heavy atom. The van der Waals surface area contributed by atoms with Crippen LogP contribution in [0, 0.1) is 0 Å². The number of amides is 1. The molecule has 1 aliphatic heterocycles. The van der Waals surface area contributed by atoms with Gasteiger partial charge in [-0.25, -0.2) is 5.06 Å². The van der Waals surface area contributed by atoms with Gasteiger partial charge in [0.05, 0.1) is 6.61 Å². The van der Waals surface area contributed by atoms with Crippen molar-refractivity contribution in [3.63, 3.8) is 0 Å². The number of hydroxylamine groups is 2. The molecule has 7 heteroatoms. The molecule has 0 aliphatic carbocycles. The maximum absolute atomic E-state index is 11.6. The van der Waals surface area contributed by atoms with E-state index in [1.54, 1.807) is 0 Å². The first-order valence-corrected chi connectivity index (χ1v) is 4.40. The van der Waals surface area contributed by atoms with Crippen LogP contribution in [-0.4, -0.2) is 39.3 Å². The molecule has 0 aromatic carbocycles. The van der Waals surface area contributed by atoms with Crippen molar-refractivity contribution < 1.29 is 9.63 Å². The number of hydrogen-bond donors (Lipinski definition) is 2. The lowest BCUT2D eigenvalue weighted by atomic mass is 10.3. The lowest BCUT2D eigenvalue weighted by Crippen LogP contribution is -2.36. The van der Waals surface area contributed by atoms with Crippen LogP contribution in [0.15, 0.2) is 0 Å². The molecule has 7 nitrogen and oxygen atoms in total. The third kappa shape index (κ3) is 1.67. The van der Waals surface area contributed by atoms with Crippen LogP contribution in [0.1, 0.15) is 23.5 Å². The summed E-state index contributed by atoms with van der Waals surface area (Å²) in [7, 11) is 0. The van der Waals surface area contributed by atoms with E-state index in [4.69, 9.17) is 10.6 Å². The standard InChI is InChI=1S/C7H11N5O2/c8-7-9-5(10-11-7)6(13)12-3-1-2-4-14-12/h1-4H2,(H3,8,9,10,11). The molecular weight excluding hydrogens is 186 g/mol. The Bertz CT molecular complexity index is 331. The molecule has 1 fully saturated rings. The molecule has 0 atom stereocenters.